The van der Waals surface area contributed by atoms with Crippen LogP contribution in [0, 0.1) is 11.7 Å². The molecule has 0 unspecified atom stereocenters. The molecule has 4 aromatic carbocycles. The van der Waals surface area contributed by atoms with Gasteiger partial charge in [0.05, 0.1) is 19.1 Å². The van der Waals surface area contributed by atoms with E-state index >= 15 is 0 Å². The van der Waals surface area contributed by atoms with Gasteiger partial charge in [0.1, 0.15) is 11.5 Å². The van der Waals surface area contributed by atoms with Gasteiger partial charge >= 0.3 is 0 Å². The number of hydrogen-bond acceptors (Lipinski definition) is 5. The summed E-state index contributed by atoms with van der Waals surface area (Å²) in [4.78, 5) is 45.4. The number of Topliss-reactive ketones (excluding diaryl/α,β-unsaturated/α-hetero) is 2. The van der Waals surface area contributed by atoms with Crippen LogP contribution in [0.2, 0.25) is 0 Å². The van der Waals surface area contributed by atoms with Gasteiger partial charge in [-0.2, -0.15) is 0 Å². The third-order valence-electron chi connectivity index (χ3n) is 8.62. The predicted molar refractivity (Wildman–Crippen MR) is 152 cm³/mol. The number of hydrogen-bond donors (Lipinski definition) is 1. The Bertz CT molecular complexity index is 1770. The van der Waals surface area contributed by atoms with Gasteiger partial charge in [-0.25, -0.2) is 4.39 Å². The lowest BCUT2D eigenvalue weighted by molar-refractivity contribution is -0.122. The van der Waals surface area contributed by atoms with Gasteiger partial charge in [0.25, 0.3) is 0 Å². The van der Waals surface area contributed by atoms with E-state index in [9.17, 15) is 18.8 Å². The summed E-state index contributed by atoms with van der Waals surface area (Å²) in [5.41, 5.74) is 1.99. The van der Waals surface area contributed by atoms with Crippen molar-refractivity contribution in [2.75, 3.05) is 12.4 Å². The number of amides is 1. The molecule has 3 aliphatic rings. The number of carbonyl (C=O) groups is 3. The van der Waals surface area contributed by atoms with Crippen molar-refractivity contribution in [3.05, 3.63) is 137 Å². The first-order valence-corrected chi connectivity index (χ1v) is 13.4. The second-order valence-corrected chi connectivity index (χ2v) is 10.5. The summed E-state index contributed by atoms with van der Waals surface area (Å²) in [5.74, 6) is -3.02. The van der Waals surface area contributed by atoms with E-state index < -0.39 is 35.0 Å². The molecule has 4 atom stereocenters. The Morgan fingerprint density at radius 3 is 2.39 bits per heavy atom. The van der Waals surface area contributed by atoms with E-state index in [1.807, 2.05) is 65.7 Å². The molecule has 41 heavy (non-hydrogen) atoms. The number of ketones is 2. The zero-order valence-electron chi connectivity index (χ0n) is 22.1. The number of nitrogens with one attached hydrogen (secondary N) is 1. The highest BCUT2D eigenvalue weighted by Gasteiger charge is 2.70. The molecule has 3 aliphatic heterocycles. The largest absolute Gasteiger partial charge is 0.494 e. The van der Waals surface area contributed by atoms with Crippen LogP contribution in [0.3, 0.4) is 0 Å². The van der Waals surface area contributed by atoms with Gasteiger partial charge in [-0.05, 0) is 47.0 Å². The van der Waals surface area contributed by atoms with Crippen LogP contribution in [0.4, 0.5) is 10.1 Å². The first-order valence-electron chi connectivity index (χ1n) is 13.4. The standard InChI is InChI=1S/C34H25FN2O4/c1-41-27-16-15-22(19-25(27)35)30(38)28-29(31(39)21-10-3-2-4-11-21)37-18-17-20-9-5-6-12-23(20)32(37)34(28)24-13-7-8-14-26(24)36-33(34)40/h2-19,28-29,32H,1H3,(H,36,40)/t28-,29+,32-,34+/m0/s1. The molecule has 0 bridgehead atoms. The molecule has 6 nitrogen and oxygen atoms in total. The third kappa shape index (κ3) is 3.45. The zero-order chi connectivity index (χ0) is 28.3. The normalized spacial score (nSPS) is 23.5. The Kier molecular flexibility index (Phi) is 5.64. The minimum atomic E-state index is -1.47. The van der Waals surface area contributed by atoms with Crippen LogP contribution in [-0.4, -0.2) is 35.5 Å². The average Bonchev–Trinajstić information content (AvgIpc) is 3.49. The summed E-state index contributed by atoms with van der Waals surface area (Å²) < 4.78 is 20.0. The Morgan fingerprint density at radius 2 is 1.61 bits per heavy atom. The van der Waals surface area contributed by atoms with Crippen LogP contribution in [-0.2, 0) is 10.2 Å². The Balaban J connectivity index is 1.53. The molecule has 7 rings (SSSR count). The maximum absolute atomic E-state index is 15.0. The van der Waals surface area contributed by atoms with Gasteiger partial charge in [-0.3, -0.25) is 14.4 Å². The quantitative estimate of drug-likeness (QED) is 0.321. The van der Waals surface area contributed by atoms with Crippen molar-refractivity contribution < 1.29 is 23.5 Å². The Labute approximate surface area is 236 Å². The van der Waals surface area contributed by atoms with Crippen molar-refractivity contribution in [3.63, 3.8) is 0 Å². The summed E-state index contributed by atoms with van der Waals surface area (Å²) in [5, 5.41) is 3.01. The van der Waals surface area contributed by atoms with E-state index in [4.69, 9.17) is 4.74 Å². The highest BCUT2D eigenvalue weighted by molar-refractivity contribution is 6.16. The summed E-state index contributed by atoms with van der Waals surface area (Å²) in [7, 11) is 1.35. The number of carbonyl (C=O) groups excluding carboxylic acids is 3. The maximum Gasteiger partial charge on any atom is 0.238 e. The fraction of sp³-hybridized carbons (Fsp3) is 0.147. The highest BCUT2D eigenvalue weighted by Crippen LogP contribution is 2.62. The van der Waals surface area contributed by atoms with Crippen molar-refractivity contribution in [2.45, 2.75) is 17.5 Å². The number of halogens is 1. The van der Waals surface area contributed by atoms with Crippen molar-refractivity contribution >= 4 is 29.2 Å². The van der Waals surface area contributed by atoms with Crippen molar-refractivity contribution in [3.8, 4) is 5.75 Å². The molecular weight excluding hydrogens is 519 g/mol. The number of anilines is 1. The lowest BCUT2D eigenvalue weighted by Gasteiger charge is -2.38. The molecule has 0 aromatic heterocycles. The summed E-state index contributed by atoms with van der Waals surface area (Å²) in [6.07, 6.45) is 3.72. The molecule has 1 saturated heterocycles. The molecule has 3 heterocycles. The first kappa shape index (κ1) is 25.0. The van der Waals surface area contributed by atoms with Crippen molar-refractivity contribution in [1.82, 2.24) is 4.90 Å². The molecule has 1 spiro atoms. The van der Waals surface area contributed by atoms with Gasteiger partial charge in [0.2, 0.25) is 5.91 Å². The van der Waals surface area contributed by atoms with E-state index in [1.54, 1.807) is 30.3 Å². The highest BCUT2D eigenvalue weighted by atomic mass is 19.1. The lowest BCUT2D eigenvalue weighted by Crippen LogP contribution is -2.49. The van der Waals surface area contributed by atoms with Crippen LogP contribution >= 0.6 is 0 Å². The van der Waals surface area contributed by atoms with Crippen molar-refractivity contribution in [1.29, 1.82) is 0 Å². The molecule has 0 saturated carbocycles. The molecule has 1 fully saturated rings. The van der Waals surface area contributed by atoms with E-state index in [2.05, 4.69) is 5.32 Å². The van der Waals surface area contributed by atoms with Crippen LogP contribution < -0.4 is 10.1 Å². The van der Waals surface area contributed by atoms with E-state index in [1.165, 1.54) is 19.2 Å². The second-order valence-electron chi connectivity index (χ2n) is 10.5. The van der Waals surface area contributed by atoms with Crippen molar-refractivity contribution in [2.24, 2.45) is 5.92 Å². The molecule has 4 aromatic rings. The van der Waals surface area contributed by atoms with Crippen LogP contribution in [0.15, 0.2) is 103 Å². The van der Waals surface area contributed by atoms with Crippen LogP contribution in [0.5, 0.6) is 5.75 Å². The number of nitrogens with zero attached hydrogens (tertiary/aromatic N) is 1. The monoisotopic (exact) mass is 544 g/mol. The molecule has 7 heteroatoms. The number of rotatable bonds is 5. The smallest absolute Gasteiger partial charge is 0.238 e. The second kappa shape index (κ2) is 9.27. The molecule has 0 radical (unpaired) electrons. The third-order valence-corrected chi connectivity index (χ3v) is 8.62. The lowest BCUT2D eigenvalue weighted by atomic mass is 9.62. The van der Waals surface area contributed by atoms with Gasteiger partial charge in [-0.15, -0.1) is 0 Å². The topological polar surface area (TPSA) is 75.7 Å². The average molecular weight is 545 g/mol. The Hall–Kier alpha value is -5.04. The minimum Gasteiger partial charge on any atom is -0.494 e. The number of fused-ring (bicyclic) bond motifs is 6. The minimum absolute atomic E-state index is 0.00201. The first-order chi connectivity index (χ1) is 20.0. The summed E-state index contributed by atoms with van der Waals surface area (Å²) in [6, 6.07) is 26.1. The number of ether oxygens (including phenoxy) is 1. The molecule has 1 N–H and O–H groups in total. The fourth-order valence-electron chi connectivity index (χ4n) is 6.94. The molecule has 202 valence electrons. The van der Waals surface area contributed by atoms with Crippen LogP contribution in [0.1, 0.15) is 43.4 Å². The molecule has 1 amide bonds. The molecule has 0 aliphatic carbocycles. The maximum atomic E-state index is 15.0. The van der Waals surface area contributed by atoms with Gasteiger partial charge in [-0.1, -0.05) is 72.8 Å². The van der Waals surface area contributed by atoms with Gasteiger partial charge in [0, 0.05) is 23.0 Å². The number of benzene rings is 4. The van der Waals surface area contributed by atoms with Gasteiger partial charge in [0.15, 0.2) is 23.1 Å². The van der Waals surface area contributed by atoms with E-state index in [-0.39, 0.29) is 23.0 Å². The fourth-order valence-corrected chi connectivity index (χ4v) is 6.94. The number of para-hydroxylation sites is 1. The molecular formula is C34H25FN2O4. The zero-order valence-corrected chi connectivity index (χ0v) is 22.1. The van der Waals surface area contributed by atoms with Gasteiger partial charge < -0.3 is 15.0 Å². The van der Waals surface area contributed by atoms with Crippen LogP contribution in [0.25, 0.3) is 6.08 Å². The predicted octanol–water partition coefficient (Wildman–Crippen LogP) is 5.82. The summed E-state index contributed by atoms with van der Waals surface area (Å²) >= 11 is 0. The Morgan fingerprint density at radius 1 is 0.878 bits per heavy atom. The SMILES string of the molecule is COc1ccc(C(=O)[C@@H]2[C@H](C(=O)c3ccccc3)N3C=Cc4ccccc4[C@H]3[C@]23C(=O)Nc2ccccc23)cc1F. The number of methoxy groups -OCH3 is 1. The van der Waals surface area contributed by atoms with E-state index in [0.717, 1.165) is 17.2 Å². The summed E-state index contributed by atoms with van der Waals surface area (Å²) in [6.45, 7) is 0. The van der Waals surface area contributed by atoms with E-state index in [0.29, 0.717) is 16.8 Å².